The van der Waals surface area contributed by atoms with Gasteiger partial charge in [-0.15, -0.1) is 0 Å². The fourth-order valence-corrected chi connectivity index (χ4v) is 1.68. The molecule has 0 bridgehead atoms. The van der Waals surface area contributed by atoms with Gasteiger partial charge in [0.2, 0.25) is 0 Å². The van der Waals surface area contributed by atoms with Gasteiger partial charge in [0.25, 0.3) is 0 Å². The van der Waals surface area contributed by atoms with Gasteiger partial charge in [0.1, 0.15) is 16.9 Å². The molecule has 0 spiro atoms. The topological polar surface area (TPSA) is 52.6 Å². The Balaban J connectivity index is 3.16. The van der Waals surface area contributed by atoms with E-state index in [0.717, 1.165) is 0 Å². The van der Waals surface area contributed by atoms with Gasteiger partial charge < -0.3 is 9.47 Å². The van der Waals surface area contributed by atoms with Gasteiger partial charge in [0.05, 0.1) is 13.0 Å². The summed E-state index contributed by atoms with van der Waals surface area (Å²) in [4.78, 5) is 23.6. The van der Waals surface area contributed by atoms with Crippen molar-refractivity contribution < 1.29 is 19.1 Å². The molecule has 0 saturated carbocycles. The summed E-state index contributed by atoms with van der Waals surface area (Å²) in [5.41, 5.74) is -0.564. The number of carbonyl (C=O) groups excluding carboxylic acids is 2. The van der Waals surface area contributed by atoms with Crippen LogP contribution in [0.1, 0.15) is 34.1 Å². The lowest BCUT2D eigenvalue weighted by Gasteiger charge is -2.31. The Morgan fingerprint density at radius 2 is 2.18 bits per heavy atom. The molecule has 0 amide bonds. The summed E-state index contributed by atoms with van der Waals surface area (Å²) in [5, 5.41) is 0. The van der Waals surface area contributed by atoms with Gasteiger partial charge in [-0.2, -0.15) is 0 Å². The molecule has 4 heteroatoms. The molecule has 0 radical (unpaired) electrons. The van der Waals surface area contributed by atoms with Gasteiger partial charge >= 0.3 is 5.97 Å². The van der Waals surface area contributed by atoms with Crippen molar-refractivity contribution in [3.8, 4) is 0 Å². The molecule has 0 aliphatic carbocycles. The van der Waals surface area contributed by atoms with Crippen LogP contribution in [0.25, 0.3) is 0 Å². The summed E-state index contributed by atoms with van der Waals surface area (Å²) in [5.74, 6) is -0.541. The highest BCUT2D eigenvalue weighted by molar-refractivity contribution is 6.18. The predicted octanol–water partition coefficient (Wildman–Crippen LogP) is 2.15. The smallest absolute Gasteiger partial charge is 0.345 e. The maximum Gasteiger partial charge on any atom is 0.345 e. The van der Waals surface area contributed by atoms with Crippen molar-refractivity contribution in [1.82, 2.24) is 0 Å². The van der Waals surface area contributed by atoms with Gasteiger partial charge in [-0.3, -0.25) is 4.79 Å². The molecular weight excluding hydrogens is 220 g/mol. The first-order chi connectivity index (χ1) is 7.91. The number of Topliss-reactive ketones (excluding diaryl/α,β-unsaturated/α-hetero) is 1. The van der Waals surface area contributed by atoms with E-state index in [1.807, 2.05) is 13.8 Å². The SMILES string of the molecule is C/C=C/C1=C(C(=O)OCC)C(=O)CC(C)(C)O1. The molecule has 94 valence electrons. The van der Waals surface area contributed by atoms with Crippen molar-refractivity contribution in [2.45, 2.75) is 39.7 Å². The van der Waals surface area contributed by atoms with Crippen LogP contribution in [0, 0.1) is 0 Å². The minimum absolute atomic E-state index is 0.0178. The normalized spacial score (nSPS) is 19.4. The van der Waals surface area contributed by atoms with Gasteiger partial charge in [0, 0.05) is 0 Å². The van der Waals surface area contributed by atoms with Crippen LogP contribution < -0.4 is 0 Å². The molecule has 0 aromatic carbocycles. The van der Waals surface area contributed by atoms with Gasteiger partial charge in [-0.05, 0) is 33.8 Å². The zero-order valence-corrected chi connectivity index (χ0v) is 10.7. The van der Waals surface area contributed by atoms with E-state index in [1.54, 1.807) is 26.0 Å². The maximum absolute atomic E-state index is 11.9. The largest absolute Gasteiger partial charge is 0.486 e. The fraction of sp³-hybridized carbons (Fsp3) is 0.538. The first kappa shape index (κ1) is 13.5. The van der Waals surface area contributed by atoms with Crippen LogP contribution in [0.2, 0.25) is 0 Å². The zero-order valence-electron chi connectivity index (χ0n) is 10.7. The van der Waals surface area contributed by atoms with Crippen molar-refractivity contribution >= 4 is 11.8 Å². The van der Waals surface area contributed by atoms with Crippen LogP contribution in [-0.2, 0) is 19.1 Å². The zero-order chi connectivity index (χ0) is 13.1. The Labute approximate surface area is 101 Å². The number of hydrogen-bond acceptors (Lipinski definition) is 4. The van der Waals surface area contributed by atoms with E-state index in [4.69, 9.17) is 9.47 Å². The fourth-order valence-electron chi connectivity index (χ4n) is 1.68. The molecule has 0 aromatic heterocycles. The van der Waals surface area contributed by atoms with Crippen molar-refractivity contribution in [3.63, 3.8) is 0 Å². The first-order valence-corrected chi connectivity index (χ1v) is 5.67. The molecule has 0 saturated heterocycles. The first-order valence-electron chi connectivity index (χ1n) is 5.67. The summed E-state index contributed by atoms with van der Waals surface area (Å²) in [6, 6.07) is 0. The molecule has 0 fully saturated rings. The lowest BCUT2D eigenvalue weighted by atomic mass is 9.93. The molecule has 4 nitrogen and oxygen atoms in total. The second-order valence-electron chi connectivity index (χ2n) is 4.42. The van der Waals surface area contributed by atoms with Crippen LogP contribution in [0.3, 0.4) is 0 Å². The molecule has 1 rings (SSSR count). The van der Waals surface area contributed by atoms with Gasteiger partial charge in [-0.1, -0.05) is 6.08 Å². The molecule has 0 N–H and O–H groups in total. The number of hydrogen-bond donors (Lipinski definition) is 0. The highest BCUT2D eigenvalue weighted by Crippen LogP contribution is 2.30. The van der Waals surface area contributed by atoms with Crippen LogP contribution in [-0.4, -0.2) is 24.0 Å². The van der Waals surface area contributed by atoms with Crippen molar-refractivity contribution in [2.24, 2.45) is 0 Å². The average Bonchev–Trinajstić information content (AvgIpc) is 2.15. The molecule has 0 atom stereocenters. The predicted molar refractivity (Wildman–Crippen MR) is 63.3 cm³/mol. The third-order valence-electron chi connectivity index (χ3n) is 2.30. The van der Waals surface area contributed by atoms with Crippen LogP contribution in [0.5, 0.6) is 0 Å². The maximum atomic E-state index is 11.9. The third-order valence-corrected chi connectivity index (χ3v) is 2.30. The molecule has 17 heavy (non-hydrogen) atoms. The number of rotatable bonds is 3. The second kappa shape index (κ2) is 5.17. The minimum atomic E-state index is -0.610. The lowest BCUT2D eigenvalue weighted by molar-refractivity contribution is -0.142. The van der Waals surface area contributed by atoms with E-state index in [2.05, 4.69) is 0 Å². The number of ketones is 1. The van der Waals surface area contributed by atoms with Crippen LogP contribution in [0.15, 0.2) is 23.5 Å². The number of carbonyl (C=O) groups is 2. The quantitative estimate of drug-likeness (QED) is 0.558. The van der Waals surface area contributed by atoms with E-state index < -0.39 is 11.6 Å². The lowest BCUT2D eigenvalue weighted by Crippen LogP contribution is -2.36. The Bertz CT molecular complexity index is 388. The summed E-state index contributed by atoms with van der Waals surface area (Å²) in [6.45, 7) is 7.37. The van der Waals surface area contributed by atoms with E-state index >= 15 is 0 Å². The minimum Gasteiger partial charge on any atom is -0.486 e. The highest BCUT2D eigenvalue weighted by atomic mass is 16.5. The van der Waals surface area contributed by atoms with Crippen molar-refractivity contribution in [3.05, 3.63) is 23.5 Å². The molecule has 1 aliphatic heterocycles. The Morgan fingerprint density at radius 3 is 2.71 bits per heavy atom. The average molecular weight is 238 g/mol. The Morgan fingerprint density at radius 1 is 1.53 bits per heavy atom. The summed E-state index contributed by atoms with van der Waals surface area (Å²) >= 11 is 0. The summed E-state index contributed by atoms with van der Waals surface area (Å²) in [6.07, 6.45) is 3.52. The number of allylic oxidation sites excluding steroid dienone is 2. The molecule has 0 aromatic rings. The Hall–Kier alpha value is -1.58. The second-order valence-corrected chi connectivity index (χ2v) is 4.42. The standard InChI is InChI=1S/C13H18O4/c1-5-7-10-11(12(15)16-6-2)9(14)8-13(3,4)17-10/h5,7H,6,8H2,1-4H3/b7-5+. The van der Waals surface area contributed by atoms with E-state index in [9.17, 15) is 9.59 Å². The molecule has 1 heterocycles. The summed E-state index contributed by atoms with van der Waals surface area (Å²) in [7, 11) is 0. The highest BCUT2D eigenvalue weighted by Gasteiger charge is 2.37. The van der Waals surface area contributed by atoms with Crippen molar-refractivity contribution in [1.29, 1.82) is 0 Å². The molecule has 0 unspecified atom stereocenters. The number of ether oxygens (including phenoxy) is 2. The van der Waals surface area contributed by atoms with Crippen molar-refractivity contribution in [2.75, 3.05) is 6.61 Å². The van der Waals surface area contributed by atoms with Crippen LogP contribution >= 0.6 is 0 Å². The van der Waals surface area contributed by atoms with E-state index in [0.29, 0.717) is 5.76 Å². The van der Waals surface area contributed by atoms with E-state index in [1.165, 1.54) is 0 Å². The van der Waals surface area contributed by atoms with Gasteiger partial charge in [0.15, 0.2) is 5.78 Å². The Kier molecular flexibility index (Phi) is 4.10. The molecular formula is C13H18O4. The number of esters is 1. The summed E-state index contributed by atoms with van der Waals surface area (Å²) < 4.78 is 10.5. The monoisotopic (exact) mass is 238 g/mol. The van der Waals surface area contributed by atoms with Gasteiger partial charge in [-0.25, -0.2) is 4.79 Å². The van der Waals surface area contributed by atoms with E-state index in [-0.39, 0.29) is 24.4 Å². The molecule has 1 aliphatic rings. The third kappa shape index (κ3) is 3.19. The van der Waals surface area contributed by atoms with Crippen LogP contribution in [0.4, 0.5) is 0 Å².